The zero-order chi connectivity index (χ0) is 18.1. The molecule has 0 bridgehead atoms. The highest BCUT2D eigenvalue weighted by atomic mass is 35.5. The van der Waals surface area contributed by atoms with Crippen molar-refractivity contribution in [3.63, 3.8) is 0 Å². The van der Waals surface area contributed by atoms with E-state index in [2.05, 4.69) is 33.6 Å². The molecule has 1 aliphatic heterocycles. The molecule has 2 aromatic heterocycles. The van der Waals surface area contributed by atoms with Crippen molar-refractivity contribution >= 4 is 41.3 Å². The summed E-state index contributed by atoms with van der Waals surface area (Å²) < 4.78 is 2.70. The highest BCUT2D eigenvalue weighted by molar-refractivity contribution is 7.71. The molecule has 3 heterocycles. The summed E-state index contributed by atoms with van der Waals surface area (Å²) in [5.74, 6) is 1.18. The quantitative estimate of drug-likeness (QED) is 0.618. The molecular formula is C16H19Cl2N5OS. The molecule has 0 aliphatic carbocycles. The molecule has 0 spiro atoms. The highest BCUT2D eigenvalue weighted by Crippen LogP contribution is 2.29. The first-order valence-electron chi connectivity index (χ1n) is 8.16. The van der Waals surface area contributed by atoms with Gasteiger partial charge in [-0.1, -0.05) is 23.2 Å². The normalized spacial score (nSPS) is 15.8. The van der Waals surface area contributed by atoms with Crippen LogP contribution < -0.4 is 0 Å². The van der Waals surface area contributed by atoms with Crippen LogP contribution in [0.2, 0.25) is 10.3 Å². The van der Waals surface area contributed by atoms with Gasteiger partial charge in [0.15, 0.2) is 4.77 Å². The van der Waals surface area contributed by atoms with Gasteiger partial charge in [-0.15, -0.1) is 0 Å². The predicted molar refractivity (Wildman–Crippen MR) is 99.9 cm³/mol. The number of amides is 1. The molecule has 3 rings (SSSR count). The van der Waals surface area contributed by atoms with E-state index in [4.69, 9.17) is 35.4 Å². The summed E-state index contributed by atoms with van der Waals surface area (Å²) in [5.41, 5.74) is 0.466. The van der Waals surface area contributed by atoms with Gasteiger partial charge in [0.05, 0.1) is 0 Å². The molecule has 9 heteroatoms. The van der Waals surface area contributed by atoms with Crippen molar-refractivity contribution in [1.82, 2.24) is 24.6 Å². The Morgan fingerprint density at radius 3 is 2.44 bits per heavy atom. The molecule has 25 heavy (non-hydrogen) atoms. The third-order valence-corrected chi connectivity index (χ3v) is 5.08. The number of carbonyl (C=O) groups is 1. The molecule has 134 valence electrons. The summed E-state index contributed by atoms with van der Waals surface area (Å²) >= 11 is 17.1. The first kappa shape index (κ1) is 18.4. The van der Waals surface area contributed by atoms with E-state index in [1.54, 1.807) is 12.1 Å². The average molecular weight is 400 g/mol. The number of halogens is 2. The summed E-state index contributed by atoms with van der Waals surface area (Å²) in [5, 5.41) is 7.74. The molecular weight excluding hydrogens is 381 g/mol. The molecule has 2 aromatic rings. The second kappa shape index (κ2) is 7.43. The first-order valence-corrected chi connectivity index (χ1v) is 9.32. The second-order valence-electron chi connectivity index (χ2n) is 6.42. The van der Waals surface area contributed by atoms with Crippen LogP contribution in [0.5, 0.6) is 0 Å². The van der Waals surface area contributed by atoms with Crippen molar-refractivity contribution in [1.29, 1.82) is 0 Å². The molecule has 0 aromatic carbocycles. The van der Waals surface area contributed by atoms with E-state index in [-0.39, 0.29) is 28.2 Å². The van der Waals surface area contributed by atoms with Gasteiger partial charge in [-0.3, -0.25) is 9.89 Å². The van der Waals surface area contributed by atoms with Gasteiger partial charge in [-0.2, -0.15) is 5.10 Å². The third kappa shape index (κ3) is 3.88. The zero-order valence-electron chi connectivity index (χ0n) is 14.0. The molecule has 1 fully saturated rings. The van der Waals surface area contributed by atoms with E-state index in [0.29, 0.717) is 23.4 Å². The van der Waals surface area contributed by atoms with Crippen LogP contribution in [0.15, 0.2) is 12.1 Å². The Morgan fingerprint density at radius 2 is 1.88 bits per heavy atom. The number of pyridine rings is 1. The van der Waals surface area contributed by atoms with Crippen LogP contribution in [0.1, 0.15) is 54.8 Å². The molecule has 1 N–H and O–H groups in total. The van der Waals surface area contributed by atoms with Crippen molar-refractivity contribution in [3.05, 3.63) is 38.6 Å². The summed E-state index contributed by atoms with van der Waals surface area (Å²) in [4.78, 5) is 18.4. The molecule has 0 unspecified atom stereocenters. The first-order chi connectivity index (χ1) is 11.9. The Labute approximate surface area is 161 Å². The maximum absolute atomic E-state index is 12.7. The van der Waals surface area contributed by atoms with E-state index >= 15 is 0 Å². The SMILES string of the molecule is CC(C)n1c(C2CCN(C(=O)c3cc(Cl)nc(Cl)c3)CC2)n[nH]c1=S. The van der Waals surface area contributed by atoms with Crippen LogP contribution in [0, 0.1) is 4.77 Å². The molecule has 1 saturated heterocycles. The lowest BCUT2D eigenvalue weighted by Crippen LogP contribution is -2.38. The number of rotatable bonds is 3. The van der Waals surface area contributed by atoms with E-state index in [9.17, 15) is 4.79 Å². The maximum Gasteiger partial charge on any atom is 0.254 e. The Morgan fingerprint density at radius 1 is 1.28 bits per heavy atom. The Balaban J connectivity index is 1.72. The third-order valence-electron chi connectivity index (χ3n) is 4.41. The van der Waals surface area contributed by atoms with Gasteiger partial charge in [-0.25, -0.2) is 4.98 Å². The number of hydrogen-bond acceptors (Lipinski definition) is 4. The Bertz CT molecular complexity index is 819. The van der Waals surface area contributed by atoms with Crippen LogP contribution in [-0.4, -0.2) is 43.6 Å². The molecule has 1 aliphatic rings. The Hall–Kier alpha value is -1.44. The molecule has 6 nitrogen and oxygen atoms in total. The van der Waals surface area contributed by atoms with Crippen LogP contribution in [0.25, 0.3) is 0 Å². The van der Waals surface area contributed by atoms with Gasteiger partial charge in [-0.05, 0) is 51.0 Å². The summed E-state index contributed by atoms with van der Waals surface area (Å²) in [7, 11) is 0. The predicted octanol–water partition coefficient (Wildman–Crippen LogP) is 4.24. The molecule has 0 radical (unpaired) electrons. The van der Waals surface area contributed by atoms with E-state index in [1.165, 1.54) is 0 Å². The topological polar surface area (TPSA) is 66.8 Å². The van der Waals surface area contributed by atoms with Crippen molar-refractivity contribution in [2.45, 2.75) is 38.6 Å². The fraction of sp³-hybridized carbons (Fsp3) is 0.500. The minimum atomic E-state index is -0.0765. The number of H-pyrrole nitrogens is 1. The van der Waals surface area contributed by atoms with Gasteiger partial charge in [0, 0.05) is 30.6 Å². The summed E-state index contributed by atoms with van der Waals surface area (Å²) in [6.07, 6.45) is 1.68. The van der Waals surface area contributed by atoms with Gasteiger partial charge in [0.25, 0.3) is 5.91 Å². The molecule has 1 amide bonds. The standard InChI is InChI=1S/C16H19Cl2N5OS/c1-9(2)23-14(20-21-16(23)25)10-3-5-22(6-4-10)15(24)11-7-12(17)19-13(18)8-11/h7-10H,3-6H2,1-2H3,(H,21,25). The van der Waals surface area contributed by atoms with Gasteiger partial charge in [0.2, 0.25) is 0 Å². The van der Waals surface area contributed by atoms with Crippen molar-refractivity contribution < 1.29 is 4.79 Å². The number of nitrogens with one attached hydrogen (secondary N) is 1. The number of hydrogen-bond donors (Lipinski definition) is 1. The number of aromatic amines is 1. The number of nitrogens with zero attached hydrogens (tertiary/aromatic N) is 4. The number of piperidine rings is 1. The van der Waals surface area contributed by atoms with Crippen LogP contribution in [0.3, 0.4) is 0 Å². The van der Waals surface area contributed by atoms with Crippen molar-refractivity contribution in [3.8, 4) is 0 Å². The van der Waals surface area contributed by atoms with Gasteiger partial charge < -0.3 is 9.47 Å². The van der Waals surface area contributed by atoms with Crippen LogP contribution in [-0.2, 0) is 0 Å². The van der Waals surface area contributed by atoms with Crippen LogP contribution in [0.4, 0.5) is 0 Å². The van der Waals surface area contributed by atoms with E-state index in [0.717, 1.165) is 18.7 Å². The second-order valence-corrected chi connectivity index (χ2v) is 7.58. The molecule has 0 saturated carbocycles. The fourth-order valence-electron chi connectivity index (χ4n) is 3.22. The maximum atomic E-state index is 12.7. The number of carbonyl (C=O) groups excluding carboxylic acids is 1. The van der Waals surface area contributed by atoms with Gasteiger partial charge in [0.1, 0.15) is 16.1 Å². The van der Waals surface area contributed by atoms with Gasteiger partial charge >= 0.3 is 0 Å². The minimum absolute atomic E-state index is 0.0765. The van der Waals surface area contributed by atoms with E-state index < -0.39 is 0 Å². The van der Waals surface area contributed by atoms with Crippen molar-refractivity contribution in [2.75, 3.05) is 13.1 Å². The smallest absolute Gasteiger partial charge is 0.254 e. The summed E-state index contributed by atoms with van der Waals surface area (Å²) in [6.45, 7) is 5.48. The number of likely N-dealkylation sites (tertiary alicyclic amines) is 1. The Kier molecular flexibility index (Phi) is 5.46. The lowest BCUT2D eigenvalue weighted by atomic mass is 9.95. The average Bonchev–Trinajstić information content (AvgIpc) is 2.95. The largest absolute Gasteiger partial charge is 0.339 e. The lowest BCUT2D eigenvalue weighted by Gasteiger charge is -2.32. The summed E-state index contributed by atoms with van der Waals surface area (Å²) in [6, 6.07) is 3.35. The van der Waals surface area contributed by atoms with Crippen molar-refractivity contribution in [2.24, 2.45) is 0 Å². The highest BCUT2D eigenvalue weighted by Gasteiger charge is 2.28. The number of aromatic nitrogens is 4. The minimum Gasteiger partial charge on any atom is -0.339 e. The van der Waals surface area contributed by atoms with Crippen LogP contribution >= 0.6 is 35.4 Å². The fourth-order valence-corrected chi connectivity index (χ4v) is 4.03. The zero-order valence-corrected chi connectivity index (χ0v) is 16.3. The molecule has 0 atom stereocenters. The van der Waals surface area contributed by atoms with E-state index in [1.807, 2.05) is 4.90 Å². The lowest BCUT2D eigenvalue weighted by molar-refractivity contribution is 0.0709. The monoisotopic (exact) mass is 399 g/mol.